The molecular weight excluding hydrogens is 326 g/mol. The summed E-state index contributed by atoms with van der Waals surface area (Å²) in [7, 11) is 0. The van der Waals surface area contributed by atoms with Crippen molar-refractivity contribution in [2.24, 2.45) is 5.73 Å². The zero-order valence-electron chi connectivity index (χ0n) is 12.4. The Morgan fingerprint density at radius 3 is 1.54 bits per heavy atom. The molecule has 1 aromatic carbocycles. The molecule has 0 aromatic heterocycles. The predicted molar refractivity (Wildman–Crippen MR) is 78.4 cm³/mol. The maximum atomic E-state index is 10.4. The lowest BCUT2D eigenvalue weighted by Crippen LogP contribution is -2.42. The van der Waals surface area contributed by atoms with Crippen LogP contribution in [-0.2, 0) is 20.9 Å². The van der Waals surface area contributed by atoms with Crippen LogP contribution in [-0.4, -0.2) is 55.0 Å². The topological polar surface area (TPSA) is 195 Å². The van der Waals surface area contributed by atoms with Crippen LogP contribution < -0.4 is 5.73 Å². The quantitative estimate of drug-likeness (QED) is 0.379. The number of aromatic carboxylic acids is 1. The summed E-state index contributed by atoms with van der Waals surface area (Å²) in [5.74, 6) is -5.93. The van der Waals surface area contributed by atoms with Gasteiger partial charge in [0.1, 0.15) is 0 Å². The normalized spacial score (nSPS) is 10.2. The van der Waals surface area contributed by atoms with Crippen LogP contribution in [0.4, 0.5) is 0 Å². The van der Waals surface area contributed by atoms with Gasteiger partial charge >= 0.3 is 23.9 Å². The molecule has 10 nitrogen and oxygen atoms in total. The fourth-order valence-electron chi connectivity index (χ4n) is 1.50. The van der Waals surface area contributed by atoms with E-state index in [1.54, 1.807) is 24.3 Å². The Hall–Kier alpha value is -2.98. The van der Waals surface area contributed by atoms with Crippen molar-refractivity contribution in [1.29, 1.82) is 0 Å². The van der Waals surface area contributed by atoms with Gasteiger partial charge in [-0.3, -0.25) is 9.59 Å². The van der Waals surface area contributed by atoms with E-state index in [9.17, 15) is 19.2 Å². The molecule has 10 heteroatoms. The maximum absolute atomic E-state index is 10.4. The first kappa shape index (κ1) is 21.0. The SMILES string of the molecule is NCc1ccc(C(=O)O)cc1.O=C(O)CC(O)(CC(=O)O)C(=O)O. The van der Waals surface area contributed by atoms with Gasteiger partial charge in [-0.1, -0.05) is 12.1 Å². The third kappa shape index (κ3) is 7.33. The summed E-state index contributed by atoms with van der Waals surface area (Å²) in [5, 5.41) is 42.3. The van der Waals surface area contributed by atoms with Gasteiger partial charge in [0.05, 0.1) is 18.4 Å². The number of benzene rings is 1. The standard InChI is InChI=1S/C8H9NO2.C6H8O7/c9-5-6-1-3-7(4-2-6)8(10)11;7-3(8)1-6(13,5(11)12)2-4(9)10/h1-4H,5,9H2,(H,10,11);13H,1-2H2,(H,7,8)(H,9,10)(H,11,12). The van der Waals surface area contributed by atoms with Crippen LogP contribution in [0.15, 0.2) is 24.3 Å². The van der Waals surface area contributed by atoms with Gasteiger partial charge in [-0.2, -0.15) is 0 Å². The lowest BCUT2D eigenvalue weighted by molar-refractivity contribution is -0.170. The van der Waals surface area contributed by atoms with Gasteiger partial charge in [-0.05, 0) is 17.7 Å². The molecule has 1 aromatic rings. The molecule has 0 aliphatic carbocycles. The van der Waals surface area contributed by atoms with Crippen molar-refractivity contribution < 1.29 is 44.7 Å². The summed E-state index contributed by atoms with van der Waals surface area (Å²) in [6.45, 7) is 0.444. The van der Waals surface area contributed by atoms with Crippen molar-refractivity contribution in [3.63, 3.8) is 0 Å². The van der Waals surface area contributed by atoms with Gasteiger partial charge in [0.25, 0.3) is 0 Å². The average Bonchev–Trinajstić information content (AvgIpc) is 2.46. The molecular formula is C14H17NO9. The number of aliphatic carboxylic acids is 3. The second kappa shape index (κ2) is 9.22. The Labute approximate surface area is 135 Å². The van der Waals surface area contributed by atoms with Crippen molar-refractivity contribution in [2.75, 3.05) is 0 Å². The molecule has 1 rings (SSSR count). The molecule has 0 fully saturated rings. The van der Waals surface area contributed by atoms with Crippen molar-refractivity contribution in [3.05, 3.63) is 35.4 Å². The first-order valence-corrected chi connectivity index (χ1v) is 6.43. The monoisotopic (exact) mass is 343 g/mol. The summed E-state index contributed by atoms with van der Waals surface area (Å²) < 4.78 is 0. The Morgan fingerprint density at radius 2 is 1.29 bits per heavy atom. The summed E-state index contributed by atoms with van der Waals surface area (Å²) in [4.78, 5) is 40.9. The minimum Gasteiger partial charge on any atom is -0.481 e. The highest BCUT2D eigenvalue weighted by Gasteiger charge is 2.40. The molecule has 0 radical (unpaired) electrons. The number of carboxylic acid groups (broad SMARTS) is 4. The predicted octanol–water partition coefficient (Wildman–Crippen LogP) is -0.405. The van der Waals surface area contributed by atoms with Crippen molar-refractivity contribution >= 4 is 23.9 Å². The van der Waals surface area contributed by atoms with E-state index in [0.717, 1.165) is 5.56 Å². The molecule has 0 atom stereocenters. The Kier molecular flexibility index (Phi) is 8.08. The Morgan fingerprint density at radius 1 is 0.875 bits per heavy atom. The molecule has 0 unspecified atom stereocenters. The van der Waals surface area contributed by atoms with Gasteiger partial charge < -0.3 is 31.3 Å². The van der Waals surface area contributed by atoms with Gasteiger partial charge in [0.2, 0.25) is 0 Å². The Bertz CT molecular complexity index is 593. The number of carbonyl (C=O) groups is 4. The number of carboxylic acids is 4. The molecule has 132 valence electrons. The Balaban J connectivity index is 0.000000446. The van der Waals surface area contributed by atoms with Crippen LogP contribution in [0.25, 0.3) is 0 Å². The van der Waals surface area contributed by atoms with Crippen molar-refractivity contribution in [2.45, 2.75) is 25.0 Å². The second-order valence-electron chi connectivity index (χ2n) is 4.68. The molecule has 0 heterocycles. The number of hydrogen-bond acceptors (Lipinski definition) is 6. The van der Waals surface area contributed by atoms with Gasteiger partial charge in [0.15, 0.2) is 5.60 Å². The van der Waals surface area contributed by atoms with Gasteiger partial charge in [-0.15, -0.1) is 0 Å². The fourth-order valence-corrected chi connectivity index (χ4v) is 1.50. The van der Waals surface area contributed by atoms with Gasteiger partial charge in [0, 0.05) is 6.54 Å². The lowest BCUT2D eigenvalue weighted by atomic mass is 9.96. The number of rotatable bonds is 7. The highest BCUT2D eigenvalue weighted by molar-refractivity contribution is 5.88. The van der Waals surface area contributed by atoms with E-state index in [-0.39, 0.29) is 0 Å². The third-order valence-electron chi connectivity index (χ3n) is 2.72. The maximum Gasteiger partial charge on any atom is 0.336 e. The largest absolute Gasteiger partial charge is 0.481 e. The first-order chi connectivity index (χ1) is 11.0. The molecule has 0 saturated carbocycles. The van der Waals surface area contributed by atoms with Crippen LogP contribution in [0.5, 0.6) is 0 Å². The molecule has 7 N–H and O–H groups in total. The first-order valence-electron chi connectivity index (χ1n) is 6.43. The van der Waals surface area contributed by atoms with Crippen molar-refractivity contribution in [1.82, 2.24) is 0 Å². The van der Waals surface area contributed by atoms with E-state index in [4.69, 9.17) is 31.3 Å². The molecule has 0 aliphatic rings. The van der Waals surface area contributed by atoms with E-state index in [0.29, 0.717) is 12.1 Å². The zero-order chi connectivity index (χ0) is 18.9. The van der Waals surface area contributed by atoms with E-state index in [1.807, 2.05) is 0 Å². The zero-order valence-corrected chi connectivity index (χ0v) is 12.4. The number of aliphatic hydroxyl groups is 1. The highest BCUT2D eigenvalue weighted by Crippen LogP contribution is 2.15. The highest BCUT2D eigenvalue weighted by atomic mass is 16.4. The number of hydrogen-bond donors (Lipinski definition) is 6. The van der Waals surface area contributed by atoms with Crippen LogP contribution in [0, 0.1) is 0 Å². The molecule has 0 bridgehead atoms. The molecule has 0 amide bonds. The van der Waals surface area contributed by atoms with Crippen LogP contribution in [0.1, 0.15) is 28.8 Å². The minimum atomic E-state index is -2.74. The van der Waals surface area contributed by atoms with E-state index >= 15 is 0 Å². The molecule has 0 spiro atoms. The van der Waals surface area contributed by atoms with Crippen LogP contribution in [0.3, 0.4) is 0 Å². The summed E-state index contributed by atoms with van der Waals surface area (Å²) in [5.41, 5.74) is 3.82. The van der Waals surface area contributed by atoms with E-state index < -0.39 is 42.3 Å². The smallest absolute Gasteiger partial charge is 0.336 e. The average molecular weight is 343 g/mol. The van der Waals surface area contributed by atoms with Crippen LogP contribution in [0.2, 0.25) is 0 Å². The van der Waals surface area contributed by atoms with Gasteiger partial charge in [-0.25, -0.2) is 9.59 Å². The lowest BCUT2D eigenvalue weighted by Gasteiger charge is -2.18. The molecule has 24 heavy (non-hydrogen) atoms. The summed E-state index contributed by atoms with van der Waals surface area (Å²) >= 11 is 0. The summed E-state index contributed by atoms with van der Waals surface area (Å²) in [6.07, 6.45) is -2.29. The molecule has 0 saturated heterocycles. The number of nitrogens with two attached hydrogens (primary N) is 1. The molecule has 0 aliphatic heterocycles. The van der Waals surface area contributed by atoms with E-state index in [2.05, 4.69) is 0 Å². The summed E-state index contributed by atoms with van der Waals surface area (Å²) in [6, 6.07) is 6.52. The third-order valence-corrected chi connectivity index (χ3v) is 2.72. The fraction of sp³-hybridized carbons (Fsp3) is 0.286. The second-order valence-corrected chi connectivity index (χ2v) is 4.68. The van der Waals surface area contributed by atoms with Crippen LogP contribution >= 0.6 is 0 Å². The minimum absolute atomic E-state index is 0.294. The van der Waals surface area contributed by atoms with Crippen molar-refractivity contribution in [3.8, 4) is 0 Å². The van der Waals surface area contributed by atoms with E-state index in [1.165, 1.54) is 0 Å².